The molecule has 0 saturated carbocycles. The van der Waals surface area contributed by atoms with Gasteiger partial charge in [0.15, 0.2) is 5.17 Å². The zero-order valence-electron chi connectivity index (χ0n) is 13.9. The van der Waals surface area contributed by atoms with Crippen LogP contribution in [0.1, 0.15) is 22.3 Å². The smallest absolute Gasteiger partial charge is 0.259 e. The Labute approximate surface area is 146 Å². The number of aryl methyl sites for hydroxylation is 1. The number of amides is 1. The summed E-state index contributed by atoms with van der Waals surface area (Å²) in [4.78, 5) is 19.3. The fourth-order valence-corrected chi connectivity index (χ4v) is 3.52. The molecular formula is C19H20N2O2S. The van der Waals surface area contributed by atoms with E-state index in [1.807, 2.05) is 55.5 Å². The van der Waals surface area contributed by atoms with E-state index in [0.29, 0.717) is 17.9 Å². The number of carbonyl (C=O) groups is 1. The van der Waals surface area contributed by atoms with Crippen molar-refractivity contribution in [2.75, 3.05) is 19.4 Å². The van der Waals surface area contributed by atoms with E-state index >= 15 is 0 Å². The molecule has 1 saturated heterocycles. The minimum absolute atomic E-state index is 0.00632. The summed E-state index contributed by atoms with van der Waals surface area (Å²) in [5.74, 6) is 1.67. The van der Waals surface area contributed by atoms with Crippen LogP contribution < -0.4 is 4.74 Å². The van der Waals surface area contributed by atoms with Crippen LogP contribution in [-0.4, -0.2) is 35.4 Å². The fourth-order valence-electron chi connectivity index (χ4n) is 2.57. The highest BCUT2D eigenvalue weighted by atomic mass is 32.2. The number of nitrogens with zero attached hydrogens (tertiary/aromatic N) is 2. The molecule has 0 radical (unpaired) electrons. The van der Waals surface area contributed by atoms with Gasteiger partial charge in [0.25, 0.3) is 5.91 Å². The van der Waals surface area contributed by atoms with Crippen molar-refractivity contribution in [3.63, 3.8) is 0 Å². The molecule has 1 aliphatic heterocycles. The van der Waals surface area contributed by atoms with Gasteiger partial charge in [0.1, 0.15) is 11.4 Å². The van der Waals surface area contributed by atoms with Gasteiger partial charge in [-0.25, -0.2) is 4.99 Å². The summed E-state index contributed by atoms with van der Waals surface area (Å²) < 4.78 is 5.40. The van der Waals surface area contributed by atoms with Crippen molar-refractivity contribution in [2.24, 2.45) is 4.99 Å². The molecule has 5 heteroatoms. The first kappa shape index (κ1) is 16.6. The number of thioether (sulfide) groups is 1. The maximum absolute atomic E-state index is 12.8. The predicted molar refractivity (Wildman–Crippen MR) is 99.4 cm³/mol. The van der Waals surface area contributed by atoms with Gasteiger partial charge >= 0.3 is 0 Å². The lowest BCUT2D eigenvalue weighted by Crippen LogP contribution is -2.39. The largest absolute Gasteiger partial charge is 0.494 e. The monoisotopic (exact) mass is 340 g/mol. The quantitative estimate of drug-likeness (QED) is 0.838. The van der Waals surface area contributed by atoms with E-state index in [0.717, 1.165) is 28.6 Å². The Morgan fingerprint density at radius 1 is 1.21 bits per heavy atom. The summed E-state index contributed by atoms with van der Waals surface area (Å²) >= 11 is 1.61. The summed E-state index contributed by atoms with van der Waals surface area (Å²) in [6, 6.07) is 15.2. The van der Waals surface area contributed by atoms with Crippen LogP contribution in [0.15, 0.2) is 53.5 Å². The van der Waals surface area contributed by atoms with Crippen molar-refractivity contribution in [1.29, 1.82) is 0 Å². The van der Waals surface area contributed by atoms with E-state index in [9.17, 15) is 4.79 Å². The Hall–Kier alpha value is -2.27. The van der Waals surface area contributed by atoms with E-state index < -0.39 is 0 Å². The van der Waals surface area contributed by atoms with Crippen molar-refractivity contribution < 1.29 is 9.53 Å². The molecule has 1 heterocycles. The molecule has 1 fully saturated rings. The number of hydrogen-bond acceptors (Lipinski definition) is 4. The van der Waals surface area contributed by atoms with Crippen LogP contribution in [-0.2, 0) is 0 Å². The summed E-state index contributed by atoms with van der Waals surface area (Å²) in [5.41, 5.74) is 2.55. The van der Waals surface area contributed by atoms with E-state index in [-0.39, 0.29) is 5.91 Å². The van der Waals surface area contributed by atoms with E-state index in [2.05, 4.69) is 0 Å². The molecule has 0 N–H and O–H groups in total. The van der Waals surface area contributed by atoms with Crippen LogP contribution >= 0.6 is 11.8 Å². The highest BCUT2D eigenvalue weighted by Gasteiger charge is 2.25. The van der Waals surface area contributed by atoms with Crippen molar-refractivity contribution >= 4 is 28.5 Å². The summed E-state index contributed by atoms with van der Waals surface area (Å²) in [6.45, 7) is 2.71. The van der Waals surface area contributed by atoms with Gasteiger partial charge in [-0.3, -0.25) is 9.69 Å². The van der Waals surface area contributed by atoms with E-state index in [1.165, 1.54) is 0 Å². The van der Waals surface area contributed by atoms with Crippen molar-refractivity contribution in [3.05, 3.63) is 59.7 Å². The highest BCUT2D eigenvalue weighted by Crippen LogP contribution is 2.31. The minimum atomic E-state index is -0.00632. The van der Waals surface area contributed by atoms with Gasteiger partial charge in [0.05, 0.1) is 7.11 Å². The Kier molecular flexibility index (Phi) is 5.20. The SMILES string of the molecule is COc1ccc(C)cc1N=C1SCCCN1C(=O)c1ccccc1. The summed E-state index contributed by atoms with van der Waals surface area (Å²) in [7, 11) is 1.63. The van der Waals surface area contributed by atoms with Crippen LogP contribution in [0, 0.1) is 6.92 Å². The zero-order valence-corrected chi connectivity index (χ0v) is 14.7. The lowest BCUT2D eigenvalue weighted by Gasteiger charge is -2.28. The fraction of sp³-hybridized carbons (Fsp3) is 0.263. The molecule has 0 bridgehead atoms. The van der Waals surface area contributed by atoms with Crippen molar-refractivity contribution in [1.82, 2.24) is 4.90 Å². The maximum Gasteiger partial charge on any atom is 0.259 e. The number of benzene rings is 2. The third-order valence-electron chi connectivity index (χ3n) is 3.80. The van der Waals surface area contributed by atoms with Gasteiger partial charge in [-0.05, 0) is 43.2 Å². The van der Waals surface area contributed by atoms with Gasteiger partial charge in [-0.1, -0.05) is 36.0 Å². The van der Waals surface area contributed by atoms with E-state index in [1.54, 1.807) is 23.8 Å². The first-order chi connectivity index (χ1) is 11.7. The summed E-state index contributed by atoms with van der Waals surface area (Å²) in [6.07, 6.45) is 0.965. The Bertz CT molecular complexity index is 759. The number of rotatable bonds is 3. The molecule has 0 spiro atoms. The number of carbonyl (C=O) groups excluding carboxylic acids is 1. The zero-order chi connectivity index (χ0) is 16.9. The number of amidine groups is 1. The van der Waals surface area contributed by atoms with Crippen LogP contribution in [0.4, 0.5) is 5.69 Å². The molecule has 0 aromatic heterocycles. The second-order valence-corrected chi connectivity index (χ2v) is 6.66. The Morgan fingerprint density at radius 3 is 2.75 bits per heavy atom. The number of ether oxygens (including phenoxy) is 1. The van der Waals surface area contributed by atoms with Crippen LogP contribution in [0.25, 0.3) is 0 Å². The first-order valence-corrected chi connectivity index (χ1v) is 8.90. The normalized spacial score (nSPS) is 16.2. The number of hydrogen-bond donors (Lipinski definition) is 0. The maximum atomic E-state index is 12.8. The minimum Gasteiger partial charge on any atom is -0.494 e. The molecule has 3 rings (SSSR count). The Balaban J connectivity index is 1.95. The predicted octanol–water partition coefficient (Wildman–Crippen LogP) is 4.27. The van der Waals surface area contributed by atoms with Gasteiger partial charge < -0.3 is 4.74 Å². The first-order valence-electron chi connectivity index (χ1n) is 7.92. The number of aliphatic imine (C=N–C) groups is 1. The van der Waals surface area contributed by atoms with Crippen molar-refractivity contribution in [2.45, 2.75) is 13.3 Å². The molecule has 24 heavy (non-hydrogen) atoms. The molecule has 4 nitrogen and oxygen atoms in total. The number of methoxy groups -OCH3 is 1. The van der Waals surface area contributed by atoms with E-state index in [4.69, 9.17) is 9.73 Å². The van der Waals surface area contributed by atoms with Gasteiger partial charge in [0.2, 0.25) is 0 Å². The van der Waals surface area contributed by atoms with Gasteiger partial charge in [-0.2, -0.15) is 0 Å². The van der Waals surface area contributed by atoms with Crippen molar-refractivity contribution in [3.8, 4) is 5.75 Å². The third-order valence-corrected chi connectivity index (χ3v) is 4.87. The lowest BCUT2D eigenvalue weighted by atomic mass is 10.2. The van der Waals surface area contributed by atoms with Gasteiger partial charge in [-0.15, -0.1) is 0 Å². The molecule has 1 aliphatic rings. The van der Waals surface area contributed by atoms with Crippen LogP contribution in [0.5, 0.6) is 5.75 Å². The van der Waals surface area contributed by atoms with Gasteiger partial charge in [0, 0.05) is 17.9 Å². The highest BCUT2D eigenvalue weighted by molar-refractivity contribution is 8.13. The molecule has 2 aromatic rings. The third kappa shape index (κ3) is 3.62. The molecule has 2 aromatic carbocycles. The average Bonchev–Trinajstić information content (AvgIpc) is 2.62. The average molecular weight is 340 g/mol. The molecule has 0 aliphatic carbocycles. The van der Waals surface area contributed by atoms with Crippen LogP contribution in [0.2, 0.25) is 0 Å². The second-order valence-electron chi connectivity index (χ2n) is 5.59. The molecule has 0 atom stereocenters. The lowest BCUT2D eigenvalue weighted by molar-refractivity contribution is 0.0849. The Morgan fingerprint density at radius 2 is 2.00 bits per heavy atom. The van der Waals surface area contributed by atoms with Crippen LogP contribution in [0.3, 0.4) is 0 Å². The second kappa shape index (κ2) is 7.53. The molecular weight excluding hydrogens is 320 g/mol. The standard InChI is InChI=1S/C19H20N2O2S/c1-14-9-10-17(23-2)16(13-14)20-19-21(11-6-12-24-19)18(22)15-7-4-3-5-8-15/h3-5,7-10,13H,6,11-12H2,1-2H3. The molecule has 0 unspecified atom stereocenters. The topological polar surface area (TPSA) is 41.9 Å². The molecule has 1 amide bonds. The summed E-state index contributed by atoms with van der Waals surface area (Å²) in [5, 5.41) is 0.735. The molecule has 124 valence electrons.